The number of ketones is 1. The molecule has 0 saturated carbocycles. The van der Waals surface area contributed by atoms with E-state index in [0.717, 1.165) is 0 Å². The molecule has 7 heteroatoms. The average Bonchev–Trinajstić information content (AvgIpc) is 2.61. The third-order valence-electron chi connectivity index (χ3n) is 3.59. The number of rotatable bonds is 7. The van der Waals surface area contributed by atoms with Crippen LogP contribution in [0.25, 0.3) is 0 Å². The molecule has 2 aromatic rings. The van der Waals surface area contributed by atoms with E-state index in [1.165, 1.54) is 20.1 Å². The van der Waals surface area contributed by atoms with Gasteiger partial charge < -0.3 is 14.2 Å². The Morgan fingerprint density at radius 1 is 1.08 bits per heavy atom. The summed E-state index contributed by atoms with van der Waals surface area (Å²) in [6.07, 6.45) is -0.879. The van der Waals surface area contributed by atoms with Gasteiger partial charge in [0, 0.05) is 16.1 Å². The molecular weight excluding hydrogens is 379 g/mol. The predicted molar refractivity (Wildman–Crippen MR) is 99.3 cm³/mol. The van der Waals surface area contributed by atoms with E-state index in [2.05, 4.69) is 0 Å². The summed E-state index contributed by atoms with van der Waals surface area (Å²) in [6.45, 7) is 2.96. The third kappa shape index (κ3) is 5.13. The molecule has 0 N–H and O–H groups in total. The smallest absolute Gasteiger partial charge is 0.347 e. The van der Waals surface area contributed by atoms with Crippen LogP contribution < -0.4 is 9.47 Å². The fraction of sp³-hybridized carbons (Fsp3) is 0.263. The number of carbonyl (C=O) groups is 2. The highest BCUT2D eigenvalue weighted by Crippen LogP contribution is 2.28. The number of hydrogen-bond acceptors (Lipinski definition) is 5. The van der Waals surface area contributed by atoms with Crippen LogP contribution >= 0.6 is 23.2 Å². The van der Waals surface area contributed by atoms with Crippen LogP contribution in [0.2, 0.25) is 10.0 Å². The molecule has 0 saturated heterocycles. The topological polar surface area (TPSA) is 61.8 Å². The number of Topliss-reactive ketones (excluding diaryl/α,β-unsaturated/α-hetero) is 1. The number of esters is 1. The molecule has 0 aliphatic rings. The Morgan fingerprint density at radius 3 is 2.38 bits per heavy atom. The fourth-order valence-corrected chi connectivity index (χ4v) is 2.64. The monoisotopic (exact) mass is 396 g/mol. The van der Waals surface area contributed by atoms with Crippen LogP contribution in [0, 0.1) is 0 Å². The molecule has 1 atom stereocenters. The third-order valence-corrected chi connectivity index (χ3v) is 4.12. The van der Waals surface area contributed by atoms with E-state index in [1.807, 2.05) is 0 Å². The van der Waals surface area contributed by atoms with E-state index >= 15 is 0 Å². The first-order chi connectivity index (χ1) is 12.3. The molecule has 2 aromatic carbocycles. The molecule has 0 aliphatic carbocycles. The summed E-state index contributed by atoms with van der Waals surface area (Å²) in [4.78, 5) is 23.7. The SMILES string of the molecule is COc1ccc(C(C)=O)cc1COC(=O)[C@@H](C)Oc1ccc(Cl)cc1Cl. The zero-order chi connectivity index (χ0) is 19.3. The van der Waals surface area contributed by atoms with E-state index in [1.54, 1.807) is 37.3 Å². The van der Waals surface area contributed by atoms with Gasteiger partial charge in [0.2, 0.25) is 0 Å². The van der Waals surface area contributed by atoms with E-state index in [9.17, 15) is 9.59 Å². The first kappa shape index (κ1) is 20.1. The minimum atomic E-state index is -0.879. The number of benzene rings is 2. The highest BCUT2D eigenvalue weighted by molar-refractivity contribution is 6.35. The molecular formula is C19H18Cl2O5. The van der Waals surface area contributed by atoms with Gasteiger partial charge in [0.25, 0.3) is 0 Å². The van der Waals surface area contributed by atoms with E-state index in [-0.39, 0.29) is 12.4 Å². The maximum Gasteiger partial charge on any atom is 0.347 e. The quantitative estimate of drug-likeness (QED) is 0.500. The summed E-state index contributed by atoms with van der Waals surface area (Å²) in [5, 5.41) is 0.767. The Labute approximate surface area is 161 Å². The van der Waals surface area contributed by atoms with E-state index < -0.39 is 12.1 Å². The van der Waals surface area contributed by atoms with Gasteiger partial charge in [0.1, 0.15) is 18.1 Å². The van der Waals surface area contributed by atoms with Crippen molar-refractivity contribution in [2.24, 2.45) is 0 Å². The first-order valence-corrected chi connectivity index (χ1v) is 8.53. The molecule has 5 nitrogen and oxygen atoms in total. The number of carbonyl (C=O) groups excluding carboxylic acids is 2. The highest BCUT2D eigenvalue weighted by Gasteiger charge is 2.19. The summed E-state index contributed by atoms with van der Waals surface area (Å²) >= 11 is 11.9. The Hall–Kier alpha value is -2.24. The van der Waals surface area contributed by atoms with Crippen molar-refractivity contribution in [1.82, 2.24) is 0 Å². The Kier molecular flexibility index (Phi) is 6.89. The van der Waals surface area contributed by atoms with Gasteiger partial charge >= 0.3 is 5.97 Å². The second kappa shape index (κ2) is 8.92. The van der Waals surface area contributed by atoms with Crippen LogP contribution in [0.5, 0.6) is 11.5 Å². The Bertz CT molecular complexity index is 820. The van der Waals surface area contributed by atoms with Gasteiger partial charge in [-0.3, -0.25) is 4.79 Å². The van der Waals surface area contributed by atoms with Crippen LogP contribution in [0.4, 0.5) is 0 Å². The van der Waals surface area contributed by atoms with Crippen LogP contribution in [-0.2, 0) is 16.1 Å². The molecule has 0 fully saturated rings. The zero-order valence-electron chi connectivity index (χ0n) is 14.5. The molecule has 0 unspecified atom stereocenters. The van der Waals surface area contributed by atoms with Crippen molar-refractivity contribution in [3.05, 3.63) is 57.6 Å². The molecule has 0 aromatic heterocycles. The van der Waals surface area contributed by atoms with Crippen molar-refractivity contribution in [3.63, 3.8) is 0 Å². The van der Waals surface area contributed by atoms with Gasteiger partial charge in [-0.1, -0.05) is 23.2 Å². The standard InChI is InChI=1S/C19H18Cl2O5/c1-11(22)13-4-6-17(24-3)14(8-13)10-25-19(23)12(2)26-18-7-5-15(20)9-16(18)21/h4-9,12H,10H2,1-3H3/t12-/m1/s1. The van der Waals surface area contributed by atoms with Gasteiger partial charge in [-0.05, 0) is 50.2 Å². The largest absolute Gasteiger partial charge is 0.496 e. The highest BCUT2D eigenvalue weighted by atomic mass is 35.5. The normalized spacial score (nSPS) is 11.6. The second-order valence-corrected chi connectivity index (χ2v) is 6.37. The zero-order valence-corrected chi connectivity index (χ0v) is 16.1. The van der Waals surface area contributed by atoms with Crippen LogP contribution in [0.1, 0.15) is 29.8 Å². The van der Waals surface area contributed by atoms with Gasteiger partial charge in [0.15, 0.2) is 11.9 Å². The molecule has 0 bridgehead atoms. The molecule has 2 rings (SSSR count). The average molecular weight is 397 g/mol. The molecule has 0 heterocycles. The second-order valence-electron chi connectivity index (χ2n) is 5.53. The number of halogens is 2. The van der Waals surface area contributed by atoms with Crippen LogP contribution in [0.3, 0.4) is 0 Å². The summed E-state index contributed by atoms with van der Waals surface area (Å²) in [7, 11) is 1.50. The van der Waals surface area contributed by atoms with E-state index in [0.29, 0.717) is 32.7 Å². The molecule has 0 radical (unpaired) electrons. The minimum Gasteiger partial charge on any atom is -0.496 e. The number of methoxy groups -OCH3 is 1. The van der Waals surface area contributed by atoms with E-state index in [4.69, 9.17) is 37.4 Å². The minimum absolute atomic E-state index is 0.0504. The molecule has 0 amide bonds. The fourth-order valence-electron chi connectivity index (χ4n) is 2.19. The molecule has 0 spiro atoms. The summed E-state index contributed by atoms with van der Waals surface area (Å²) in [5.74, 6) is 0.189. The summed E-state index contributed by atoms with van der Waals surface area (Å²) < 4.78 is 16.0. The summed E-state index contributed by atoms with van der Waals surface area (Å²) in [6, 6.07) is 9.66. The van der Waals surface area contributed by atoms with Gasteiger partial charge in [-0.25, -0.2) is 4.79 Å². The Balaban J connectivity index is 2.03. The maximum atomic E-state index is 12.2. The van der Waals surface area contributed by atoms with Crippen LogP contribution in [-0.4, -0.2) is 25.0 Å². The van der Waals surface area contributed by atoms with Gasteiger partial charge in [-0.15, -0.1) is 0 Å². The van der Waals surface area contributed by atoms with Crippen molar-refractivity contribution in [3.8, 4) is 11.5 Å². The number of hydrogen-bond donors (Lipinski definition) is 0. The number of ether oxygens (including phenoxy) is 3. The summed E-state index contributed by atoms with van der Waals surface area (Å²) in [5.41, 5.74) is 1.10. The lowest BCUT2D eigenvalue weighted by Gasteiger charge is -2.16. The molecule has 26 heavy (non-hydrogen) atoms. The van der Waals surface area contributed by atoms with Crippen LogP contribution in [0.15, 0.2) is 36.4 Å². The molecule has 0 aliphatic heterocycles. The van der Waals surface area contributed by atoms with Crippen molar-refractivity contribution in [2.45, 2.75) is 26.6 Å². The lowest BCUT2D eigenvalue weighted by molar-refractivity contribution is -0.152. The lowest BCUT2D eigenvalue weighted by atomic mass is 10.1. The lowest BCUT2D eigenvalue weighted by Crippen LogP contribution is -2.26. The van der Waals surface area contributed by atoms with Crippen molar-refractivity contribution >= 4 is 35.0 Å². The maximum absolute atomic E-state index is 12.2. The Morgan fingerprint density at radius 2 is 1.77 bits per heavy atom. The van der Waals surface area contributed by atoms with Crippen molar-refractivity contribution < 1.29 is 23.8 Å². The molecule has 138 valence electrons. The van der Waals surface area contributed by atoms with Gasteiger partial charge in [0.05, 0.1) is 12.1 Å². The van der Waals surface area contributed by atoms with Crippen molar-refractivity contribution in [1.29, 1.82) is 0 Å². The van der Waals surface area contributed by atoms with Crippen molar-refractivity contribution in [2.75, 3.05) is 7.11 Å². The van der Waals surface area contributed by atoms with Gasteiger partial charge in [-0.2, -0.15) is 0 Å². The predicted octanol–water partition coefficient (Wildman–Crippen LogP) is 4.72. The first-order valence-electron chi connectivity index (χ1n) is 7.78.